The van der Waals surface area contributed by atoms with E-state index >= 15 is 0 Å². The van der Waals surface area contributed by atoms with Crippen LogP contribution in [0.3, 0.4) is 0 Å². The van der Waals surface area contributed by atoms with Gasteiger partial charge in [-0.25, -0.2) is 4.98 Å². The molecule has 8 heteroatoms. The van der Waals surface area contributed by atoms with Crippen molar-refractivity contribution in [2.45, 2.75) is 26.4 Å². The Morgan fingerprint density at radius 1 is 1.00 bits per heavy atom. The second-order valence-electron chi connectivity index (χ2n) is 7.75. The van der Waals surface area contributed by atoms with Crippen LogP contribution >= 0.6 is 47.8 Å². The van der Waals surface area contributed by atoms with E-state index in [0.29, 0.717) is 23.3 Å². The molecule has 0 atom stereocenters. The summed E-state index contributed by atoms with van der Waals surface area (Å²) in [7, 11) is 0. The van der Waals surface area contributed by atoms with E-state index in [1.807, 2.05) is 68.4 Å². The van der Waals surface area contributed by atoms with Gasteiger partial charge in [-0.1, -0.05) is 57.8 Å². The summed E-state index contributed by atoms with van der Waals surface area (Å²) in [5.41, 5.74) is 2.36. The fourth-order valence-electron chi connectivity index (χ4n) is 3.23. The van der Waals surface area contributed by atoms with E-state index in [4.69, 9.17) is 4.74 Å². The zero-order valence-corrected chi connectivity index (χ0v) is 22.7. The van der Waals surface area contributed by atoms with E-state index in [0.717, 1.165) is 30.3 Å². The minimum atomic E-state index is -0.199. The number of nitrogens with zero attached hydrogens (tertiary/aromatic N) is 3. The van der Waals surface area contributed by atoms with Gasteiger partial charge < -0.3 is 4.74 Å². The molecule has 5 nitrogen and oxygen atoms in total. The van der Waals surface area contributed by atoms with Crippen molar-refractivity contribution in [3.63, 3.8) is 0 Å². The quantitative estimate of drug-likeness (QED) is 0.210. The van der Waals surface area contributed by atoms with E-state index < -0.39 is 0 Å². The van der Waals surface area contributed by atoms with Crippen LogP contribution in [0.5, 0.6) is 5.75 Å². The fraction of sp³-hybridized carbons (Fsp3) is 0.160. The molecule has 168 valence electrons. The summed E-state index contributed by atoms with van der Waals surface area (Å²) < 4.78 is 9.98. The second kappa shape index (κ2) is 10.3. The number of benzene rings is 3. The smallest absolute Gasteiger partial charge is 0.282 e. The maximum atomic E-state index is 13.1. The minimum absolute atomic E-state index is 0.0315. The summed E-state index contributed by atoms with van der Waals surface area (Å²) in [5, 5.41) is 5.00. The average molecular weight is 634 g/mol. The summed E-state index contributed by atoms with van der Waals surface area (Å²) in [6.45, 7) is 4.45. The molecule has 4 aromatic rings. The number of halogens is 3. The van der Waals surface area contributed by atoms with Gasteiger partial charge in [0, 0.05) is 14.9 Å². The van der Waals surface area contributed by atoms with Crippen molar-refractivity contribution < 1.29 is 4.74 Å². The number of fused-ring (bicyclic) bond motifs is 1. The summed E-state index contributed by atoms with van der Waals surface area (Å²) >= 11 is 10.4. The Bertz CT molecular complexity index is 1400. The maximum absolute atomic E-state index is 13.1. The van der Waals surface area contributed by atoms with Crippen LogP contribution in [0, 0.1) is 0 Å². The van der Waals surface area contributed by atoms with Crippen molar-refractivity contribution in [3.05, 3.63) is 101 Å². The van der Waals surface area contributed by atoms with Gasteiger partial charge in [-0.2, -0.15) is 9.78 Å². The first-order chi connectivity index (χ1) is 15.8. The lowest BCUT2D eigenvalue weighted by Crippen LogP contribution is -2.23. The third kappa shape index (κ3) is 5.62. The lowest BCUT2D eigenvalue weighted by molar-refractivity contribution is 0.304. The SMILES string of the molecule is CC(C)c1nc2ccc(Br)cc2c(=O)n1N=Cc1ccc(OCc2ccc(Br)cc2)c(Br)c1. The van der Waals surface area contributed by atoms with Crippen molar-refractivity contribution in [1.29, 1.82) is 0 Å². The van der Waals surface area contributed by atoms with Crippen molar-refractivity contribution in [2.75, 3.05) is 0 Å². The van der Waals surface area contributed by atoms with Crippen LogP contribution in [0.1, 0.15) is 36.7 Å². The van der Waals surface area contributed by atoms with Crippen LogP contribution in [0.4, 0.5) is 0 Å². The molecule has 1 heterocycles. The highest BCUT2D eigenvalue weighted by Crippen LogP contribution is 2.27. The molecule has 0 spiro atoms. The van der Waals surface area contributed by atoms with E-state index in [9.17, 15) is 4.79 Å². The third-order valence-corrected chi connectivity index (χ3v) is 6.58. The first kappa shape index (κ1) is 23.9. The van der Waals surface area contributed by atoms with Crippen LogP contribution in [-0.4, -0.2) is 15.9 Å². The van der Waals surface area contributed by atoms with Crippen molar-refractivity contribution >= 4 is 64.9 Å². The van der Waals surface area contributed by atoms with Gasteiger partial charge in [0.15, 0.2) is 0 Å². The van der Waals surface area contributed by atoms with Gasteiger partial charge in [0.2, 0.25) is 0 Å². The van der Waals surface area contributed by atoms with Gasteiger partial charge >= 0.3 is 0 Å². The lowest BCUT2D eigenvalue weighted by Gasteiger charge is -2.12. The normalized spacial score (nSPS) is 11.6. The molecule has 0 aliphatic carbocycles. The van der Waals surface area contributed by atoms with Crippen molar-refractivity contribution in [2.24, 2.45) is 5.10 Å². The van der Waals surface area contributed by atoms with Crippen LogP contribution < -0.4 is 10.3 Å². The largest absolute Gasteiger partial charge is 0.488 e. The van der Waals surface area contributed by atoms with Crippen molar-refractivity contribution in [3.8, 4) is 5.75 Å². The first-order valence-corrected chi connectivity index (χ1v) is 12.6. The van der Waals surface area contributed by atoms with Crippen LogP contribution in [0.15, 0.2) is 84.0 Å². The molecule has 0 N–H and O–H groups in total. The highest BCUT2D eigenvalue weighted by atomic mass is 79.9. The molecule has 1 aromatic heterocycles. The molecule has 0 saturated carbocycles. The molecule has 33 heavy (non-hydrogen) atoms. The summed E-state index contributed by atoms with van der Waals surface area (Å²) in [5.74, 6) is 1.37. The zero-order chi connectivity index (χ0) is 23.5. The predicted molar refractivity (Wildman–Crippen MR) is 143 cm³/mol. The fourth-order valence-corrected chi connectivity index (χ4v) is 4.37. The van der Waals surface area contributed by atoms with E-state index in [-0.39, 0.29) is 11.5 Å². The zero-order valence-electron chi connectivity index (χ0n) is 17.9. The van der Waals surface area contributed by atoms with Gasteiger partial charge in [0.05, 0.1) is 21.6 Å². The Morgan fingerprint density at radius 2 is 1.73 bits per heavy atom. The van der Waals surface area contributed by atoms with E-state index in [1.165, 1.54) is 4.68 Å². The lowest BCUT2D eigenvalue weighted by atomic mass is 10.2. The highest BCUT2D eigenvalue weighted by Gasteiger charge is 2.14. The number of ether oxygens (including phenoxy) is 1. The molecule has 0 unspecified atom stereocenters. The summed E-state index contributed by atoms with van der Waals surface area (Å²) in [6, 6.07) is 19.2. The highest BCUT2D eigenvalue weighted by molar-refractivity contribution is 9.11. The molecule has 0 fully saturated rings. The van der Waals surface area contributed by atoms with Gasteiger partial charge in [-0.15, -0.1) is 0 Å². The number of rotatable bonds is 6. The maximum Gasteiger partial charge on any atom is 0.282 e. The van der Waals surface area contributed by atoms with Gasteiger partial charge in [0.1, 0.15) is 18.2 Å². The van der Waals surface area contributed by atoms with E-state index in [2.05, 4.69) is 57.9 Å². The molecule has 0 amide bonds. The number of hydrogen-bond donors (Lipinski definition) is 0. The Hall–Kier alpha value is -2.29. The third-order valence-electron chi connectivity index (χ3n) is 4.94. The van der Waals surface area contributed by atoms with Gasteiger partial charge in [-0.3, -0.25) is 4.79 Å². The molecule has 0 aliphatic rings. The second-order valence-corrected chi connectivity index (χ2v) is 10.4. The Morgan fingerprint density at radius 3 is 2.42 bits per heavy atom. The Balaban J connectivity index is 1.60. The van der Waals surface area contributed by atoms with Crippen molar-refractivity contribution in [1.82, 2.24) is 9.66 Å². The van der Waals surface area contributed by atoms with Gasteiger partial charge in [0.25, 0.3) is 5.56 Å². The minimum Gasteiger partial charge on any atom is -0.488 e. The number of hydrogen-bond acceptors (Lipinski definition) is 4. The molecule has 0 bridgehead atoms. The topological polar surface area (TPSA) is 56.5 Å². The first-order valence-electron chi connectivity index (χ1n) is 10.2. The summed E-state index contributed by atoms with van der Waals surface area (Å²) in [6.07, 6.45) is 1.65. The Kier molecular flexibility index (Phi) is 7.46. The van der Waals surface area contributed by atoms with Gasteiger partial charge in [-0.05, 0) is 75.6 Å². The average Bonchev–Trinajstić information content (AvgIpc) is 2.79. The molecular weight excluding hydrogens is 614 g/mol. The summed E-state index contributed by atoms with van der Waals surface area (Å²) in [4.78, 5) is 17.8. The standard InChI is InChI=1S/C25H20Br3N3O2/c1-15(2)24-30-22-9-8-19(27)12-20(22)25(32)31(24)29-13-17-5-10-23(21(28)11-17)33-14-16-3-6-18(26)7-4-16/h3-13,15H,14H2,1-2H3. The molecule has 4 rings (SSSR count). The van der Waals surface area contributed by atoms with E-state index in [1.54, 1.807) is 12.3 Å². The molecular formula is C25H20Br3N3O2. The predicted octanol–water partition coefficient (Wildman–Crippen LogP) is 7.27. The van der Waals surface area contributed by atoms with Crippen LogP contribution in [-0.2, 0) is 6.61 Å². The molecule has 0 saturated heterocycles. The van der Waals surface area contributed by atoms with Crippen LogP contribution in [0.2, 0.25) is 0 Å². The number of aromatic nitrogens is 2. The molecule has 0 radical (unpaired) electrons. The monoisotopic (exact) mass is 631 g/mol. The van der Waals surface area contributed by atoms with Crippen LogP contribution in [0.25, 0.3) is 10.9 Å². The molecule has 0 aliphatic heterocycles. The Labute approximate surface area is 216 Å². The molecule has 3 aromatic carbocycles.